The van der Waals surface area contributed by atoms with E-state index in [1.54, 1.807) is 7.11 Å². The maximum atomic E-state index is 12.8. The zero-order valence-corrected chi connectivity index (χ0v) is 16.4. The maximum absolute atomic E-state index is 12.8. The van der Waals surface area contributed by atoms with E-state index in [-0.39, 0.29) is 5.91 Å². The summed E-state index contributed by atoms with van der Waals surface area (Å²) in [5, 5.41) is 0. The Balaban J connectivity index is 1.47. The molecule has 0 aliphatic carbocycles. The van der Waals surface area contributed by atoms with E-state index in [2.05, 4.69) is 29.2 Å². The summed E-state index contributed by atoms with van der Waals surface area (Å²) < 4.78 is 10.6. The topological polar surface area (TPSA) is 42.0 Å². The number of hydrogen-bond acceptors (Lipinski definition) is 4. The smallest absolute Gasteiger partial charge is 0.254 e. The highest BCUT2D eigenvalue weighted by molar-refractivity contribution is 5.94. The number of hydrogen-bond donors (Lipinski definition) is 0. The molecule has 1 heterocycles. The molecule has 2 aromatic carbocycles. The van der Waals surface area contributed by atoms with Crippen molar-refractivity contribution in [2.45, 2.75) is 0 Å². The van der Waals surface area contributed by atoms with Crippen LogP contribution in [0.1, 0.15) is 15.9 Å². The number of piperazine rings is 1. The van der Waals surface area contributed by atoms with Crippen molar-refractivity contribution in [3.8, 4) is 5.75 Å². The molecule has 0 bridgehead atoms. The highest BCUT2D eigenvalue weighted by Crippen LogP contribution is 2.16. The van der Waals surface area contributed by atoms with E-state index < -0.39 is 0 Å². The standard InChI is InChI=1S/C23H28N2O3/c1-27-17-18-28-22-11-5-10-21(19-22)23(26)25-15-13-24(14-16-25)12-6-9-20-7-3-2-4-8-20/h2-11,19H,12-18H2,1H3. The van der Waals surface area contributed by atoms with Crippen LogP contribution in [0.3, 0.4) is 0 Å². The predicted molar refractivity (Wildman–Crippen MR) is 112 cm³/mol. The molecule has 0 spiro atoms. The molecule has 1 aliphatic heterocycles. The molecule has 148 valence electrons. The molecule has 1 aliphatic rings. The lowest BCUT2D eigenvalue weighted by atomic mass is 10.1. The van der Waals surface area contributed by atoms with E-state index in [4.69, 9.17) is 9.47 Å². The second-order valence-corrected chi connectivity index (χ2v) is 6.77. The first-order valence-electron chi connectivity index (χ1n) is 9.71. The molecule has 2 aromatic rings. The number of amides is 1. The SMILES string of the molecule is COCCOc1cccc(C(=O)N2CCN(CC=Cc3ccccc3)CC2)c1. The van der Waals surface area contributed by atoms with Gasteiger partial charge in [-0.2, -0.15) is 0 Å². The van der Waals surface area contributed by atoms with Crippen LogP contribution in [0.15, 0.2) is 60.7 Å². The Bertz CT molecular complexity index is 768. The van der Waals surface area contributed by atoms with Gasteiger partial charge >= 0.3 is 0 Å². The Morgan fingerprint density at radius 3 is 2.54 bits per heavy atom. The van der Waals surface area contributed by atoms with Gasteiger partial charge in [-0.25, -0.2) is 0 Å². The third-order valence-electron chi connectivity index (χ3n) is 4.77. The lowest BCUT2D eigenvalue weighted by molar-refractivity contribution is 0.0649. The Hall–Kier alpha value is -2.63. The van der Waals surface area contributed by atoms with Crippen LogP contribution in [0.25, 0.3) is 6.08 Å². The minimum absolute atomic E-state index is 0.0664. The van der Waals surface area contributed by atoms with E-state index in [0.717, 1.165) is 32.7 Å². The predicted octanol–water partition coefficient (Wildman–Crippen LogP) is 3.18. The molecule has 28 heavy (non-hydrogen) atoms. The summed E-state index contributed by atoms with van der Waals surface area (Å²) in [4.78, 5) is 17.1. The van der Waals surface area contributed by atoms with Crippen molar-refractivity contribution in [1.82, 2.24) is 9.80 Å². The molecule has 0 unspecified atom stereocenters. The van der Waals surface area contributed by atoms with Gasteiger partial charge in [-0.15, -0.1) is 0 Å². The summed E-state index contributed by atoms with van der Waals surface area (Å²) in [5.74, 6) is 0.768. The van der Waals surface area contributed by atoms with Crippen molar-refractivity contribution < 1.29 is 14.3 Å². The fourth-order valence-electron chi connectivity index (χ4n) is 3.18. The van der Waals surface area contributed by atoms with Gasteiger partial charge in [0, 0.05) is 45.4 Å². The van der Waals surface area contributed by atoms with Crippen LogP contribution in [-0.4, -0.2) is 68.8 Å². The van der Waals surface area contributed by atoms with Crippen LogP contribution >= 0.6 is 0 Å². The van der Waals surface area contributed by atoms with Crippen molar-refractivity contribution in [2.24, 2.45) is 0 Å². The summed E-state index contributed by atoms with van der Waals surface area (Å²) in [7, 11) is 1.64. The first kappa shape index (κ1) is 20.1. The van der Waals surface area contributed by atoms with E-state index in [0.29, 0.717) is 24.5 Å². The van der Waals surface area contributed by atoms with Crippen molar-refractivity contribution >= 4 is 12.0 Å². The van der Waals surface area contributed by atoms with Gasteiger partial charge in [0.25, 0.3) is 5.91 Å². The van der Waals surface area contributed by atoms with E-state index >= 15 is 0 Å². The average Bonchev–Trinajstić information content (AvgIpc) is 2.75. The van der Waals surface area contributed by atoms with Gasteiger partial charge in [0.2, 0.25) is 0 Å². The third kappa shape index (κ3) is 5.94. The zero-order valence-electron chi connectivity index (χ0n) is 16.4. The van der Waals surface area contributed by atoms with E-state index in [1.807, 2.05) is 47.4 Å². The second kappa shape index (κ2) is 10.6. The first-order chi connectivity index (χ1) is 13.8. The lowest BCUT2D eigenvalue weighted by Crippen LogP contribution is -2.48. The normalized spacial score (nSPS) is 15.1. The molecule has 0 N–H and O–H groups in total. The number of carbonyl (C=O) groups excluding carboxylic acids is 1. The Labute approximate surface area is 167 Å². The first-order valence-corrected chi connectivity index (χ1v) is 9.71. The summed E-state index contributed by atoms with van der Waals surface area (Å²) in [6.07, 6.45) is 4.33. The monoisotopic (exact) mass is 380 g/mol. The fourth-order valence-corrected chi connectivity index (χ4v) is 3.18. The van der Waals surface area contributed by atoms with E-state index in [1.165, 1.54) is 5.56 Å². The average molecular weight is 380 g/mol. The minimum atomic E-state index is 0.0664. The molecule has 5 nitrogen and oxygen atoms in total. The molecule has 0 saturated carbocycles. The fraction of sp³-hybridized carbons (Fsp3) is 0.348. The van der Waals surface area contributed by atoms with Crippen LogP contribution in [0.4, 0.5) is 0 Å². The lowest BCUT2D eigenvalue weighted by Gasteiger charge is -2.34. The molecule has 5 heteroatoms. The molecule has 0 aromatic heterocycles. The summed E-state index contributed by atoms with van der Waals surface area (Å²) in [6, 6.07) is 17.7. The van der Waals surface area contributed by atoms with E-state index in [9.17, 15) is 4.79 Å². The second-order valence-electron chi connectivity index (χ2n) is 6.77. The highest BCUT2D eigenvalue weighted by Gasteiger charge is 2.21. The summed E-state index contributed by atoms with van der Waals surface area (Å²) in [5.41, 5.74) is 1.89. The van der Waals surface area contributed by atoms with Gasteiger partial charge in [0.05, 0.1) is 6.61 Å². The molecule has 1 fully saturated rings. The summed E-state index contributed by atoms with van der Waals surface area (Å²) >= 11 is 0. The van der Waals surface area contributed by atoms with Gasteiger partial charge in [-0.3, -0.25) is 9.69 Å². The van der Waals surface area contributed by atoms with Crippen molar-refractivity contribution in [3.63, 3.8) is 0 Å². The van der Waals surface area contributed by atoms with Crippen LogP contribution < -0.4 is 4.74 Å². The van der Waals surface area contributed by atoms with Crippen LogP contribution in [0.2, 0.25) is 0 Å². The molecule has 1 saturated heterocycles. The molecular formula is C23H28N2O3. The number of nitrogens with zero attached hydrogens (tertiary/aromatic N) is 2. The third-order valence-corrected chi connectivity index (χ3v) is 4.77. The molecule has 1 amide bonds. The Morgan fingerprint density at radius 2 is 1.79 bits per heavy atom. The minimum Gasteiger partial charge on any atom is -0.491 e. The molecule has 0 atom stereocenters. The quantitative estimate of drug-likeness (QED) is 0.660. The number of ether oxygens (including phenoxy) is 2. The number of benzene rings is 2. The van der Waals surface area contributed by atoms with Gasteiger partial charge < -0.3 is 14.4 Å². The molecule has 3 rings (SSSR count). The number of methoxy groups -OCH3 is 1. The van der Waals surface area contributed by atoms with Crippen LogP contribution in [-0.2, 0) is 4.74 Å². The van der Waals surface area contributed by atoms with Gasteiger partial charge in [-0.1, -0.05) is 48.6 Å². The maximum Gasteiger partial charge on any atom is 0.254 e. The number of carbonyl (C=O) groups is 1. The van der Waals surface area contributed by atoms with Crippen LogP contribution in [0, 0.1) is 0 Å². The highest BCUT2D eigenvalue weighted by atomic mass is 16.5. The van der Waals surface area contributed by atoms with Crippen molar-refractivity contribution in [1.29, 1.82) is 0 Å². The van der Waals surface area contributed by atoms with Gasteiger partial charge in [0.1, 0.15) is 12.4 Å². The Kier molecular flexibility index (Phi) is 7.64. The number of rotatable bonds is 8. The van der Waals surface area contributed by atoms with Crippen molar-refractivity contribution in [3.05, 3.63) is 71.8 Å². The van der Waals surface area contributed by atoms with Crippen molar-refractivity contribution in [2.75, 3.05) is 53.0 Å². The summed E-state index contributed by atoms with van der Waals surface area (Å²) in [6.45, 7) is 5.16. The van der Waals surface area contributed by atoms with Gasteiger partial charge in [-0.05, 0) is 23.8 Å². The van der Waals surface area contributed by atoms with Gasteiger partial charge in [0.15, 0.2) is 0 Å². The zero-order chi connectivity index (χ0) is 19.6. The molecular weight excluding hydrogens is 352 g/mol. The molecule has 0 radical (unpaired) electrons. The Morgan fingerprint density at radius 1 is 1.00 bits per heavy atom. The van der Waals surface area contributed by atoms with Crippen LogP contribution in [0.5, 0.6) is 5.75 Å². The largest absolute Gasteiger partial charge is 0.491 e.